The van der Waals surface area contributed by atoms with E-state index in [1.54, 1.807) is 41.5 Å². The Morgan fingerprint density at radius 2 is 0.651 bits per heavy atom. The Balaban J connectivity index is 6.54. The van der Waals surface area contributed by atoms with Crippen LogP contribution < -0.4 is 91.6 Å². The van der Waals surface area contributed by atoms with Gasteiger partial charge in [-0.1, -0.05) is 41.5 Å². The largest absolute Gasteiger partial charge is 0.481 e. The third kappa shape index (κ3) is 42.2. The standard InChI is InChI=1S/C65H111N17O23S/c1-32(2)26-44(54(68)94)79-61(101)41(17-21-51(88)89)74-48(84)29-70-55(95)35(7)72-59(99)43(19-23-53(92)93)78-64(104)46(28-34(5)6)80-60(100)39(15-10-12-24-66)77-63(103)45(27-33(3)4)81-62(102)42(18-22-52(90)91)75-49(85)30-71-58(98)40(16-20-50(86)87)76-56(96)36(8)73-65(105)47(31-106)82-57(97)38(67)14-11-13-25-69-37(9)83/h32-36,38-47,106H,10-31,66-67H2,1-9H3,(H2,68,94)(H,69,83)(H,70,95)(H,71,98)(H,72,99)(H,73,105)(H,74,84)(H,75,85)(H,76,96)(H,77,103)(H,78,104)(H,79,101)(H,80,100)(H,81,102)(H,82,97)(H,86,87)(H,88,89)(H,90,91)(H,92,93)/t35-,36-,38-,39-,40-,41-,42-,43-,44-,45-,46-,47-/m0/s1. The minimum atomic E-state index is -1.72. The SMILES string of the molecule is CC(=O)NCCCC[C@H](N)C(=O)N[C@@H](CS)C(=O)N[C@@H](C)C(=O)N[C@@H](CCC(=O)O)C(=O)NCC(=O)N[C@@H](CCC(=O)O)C(=O)N[C@@H](CC(C)C)C(=O)N[C@@H](CCCCN)C(=O)N[C@@H](CC(C)C)C(=O)N[C@@H](CCC(=O)O)C(=O)N[C@@H](C)C(=O)NCC(=O)N[C@@H](CCC(=O)O)C(=O)N[C@@H](CC(C)C)C(N)=O. The molecule has 0 aliphatic carbocycles. The first kappa shape index (κ1) is 96.2. The number of hydrogen-bond acceptors (Lipinski definition) is 22. The van der Waals surface area contributed by atoms with E-state index in [-0.39, 0.29) is 74.5 Å². The molecule has 0 aromatic heterocycles. The van der Waals surface area contributed by atoms with Gasteiger partial charge in [0, 0.05) is 44.9 Å². The number of carbonyl (C=O) groups is 19. The van der Waals surface area contributed by atoms with E-state index in [4.69, 9.17) is 17.2 Å². The third-order valence-corrected chi connectivity index (χ3v) is 16.0. The Morgan fingerprint density at radius 1 is 0.340 bits per heavy atom. The molecule has 0 aliphatic heterocycles. The van der Waals surface area contributed by atoms with Crippen molar-refractivity contribution in [3.05, 3.63) is 0 Å². The van der Waals surface area contributed by atoms with Crippen LogP contribution in [0.1, 0.15) is 171 Å². The highest BCUT2D eigenvalue weighted by Crippen LogP contribution is 2.14. The summed E-state index contributed by atoms with van der Waals surface area (Å²) < 4.78 is 0. The summed E-state index contributed by atoms with van der Waals surface area (Å²) >= 11 is 4.11. The van der Waals surface area contributed by atoms with E-state index in [2.05, 4.69) is 87.1 Å². The van der Waals surface area contributed by atoms with E-state index < -0.39 is 244 Å². The number of rotatable bonds is 55. The van der Waals surface area contributed by atoms with Gasteiger partial charge in [-0.15, -0.1) is 0 Å². The van der Waals surface area contributed by atoms with Crippen molar-refractivity contribution in [1.82, 2.24) is 74.4 Å². The van der Waals surface area contributed by atoms with Crippen LogP contribution in [0.5, 0.6) is 0 Å². The molecule has 0 radical (unpaired) electrons. The Morgan fingerprint density at radius 3 is 1.04 bits per heavy atom. The molecule has 0 spiro atoms. The van der Waals surface area contributed by atoms with Gasteiger partial charge in [-0.25, -0.2) is 0 Å². The van der Waals surface area contributed by atoms with Crippen LogP contribution in [0.4, 0.5) is 0 Å². The maximum Gasteiger partial charge on any atom is 0.303 e. The molecule has 41 heteroatoms. The molecule has 0 heterocycles. The summed E-state index contributed by atoms with van der Waals surface area (Å²) in [4.78, 5) is 246. The highest BCUT2D eigenvalue weighted by atomic mass is 32.1. The molecule has 24 N–H and O–H groups in total. The molecular formula is C65H111N17O23S. The molecule has 40 nitrogen and oxygen atoms in total. The fourth-order valence-corrected chi connectivity index (χ4v) is 10.2. The van der Waals surface area contributed by atoms with Gasteiger partial charge in [0.2, 0.25) is 88.6 Å². The lowest BCUT2D eigenvalue weighted by Gasteiger charge is -2.28. The van der Waals surface area contributed by atoms with Gasteiger partial charge in [0.15, 0.2) is 0 Å². The molecule has 0 bridgehead atoms. The van der Waals surface area contributed by atoms with Crippen molar-refractivity contribution < 1.29 is 112 Å². The fraction of sp³-hybridized carbons (Fsp3) is 0.708. The van der Waals surface area contributed by atoms with Crippen molar-refractivity contribution in [2.45, 2.75) is 244 Å². The van der Waals surface area contributed by atoms with Crippen LogP contribution in [0.15, 0.2) is 0 Å². The van der Waals surface area contributed by atoms with E-state index in [1.807, 2.05) is 0 Å². The lowest BCUT2D eigenvalue weighted by Crippen LogP contribution is -2.60. The number of thiol groups is 1. The number of carboxylic acid groups (broad SMARTS) is 4. The number of amides is 15. The summed E-state index contributed by atoms with van der Waals surface area (Å²) in [7, 11) is 0. The van der Waals surface area contributed by atoms with Crippen LogP contribution in [0.2, 0.25) is 0 Å². The fourth-order valence-electron chi connectivity index (χ4n) is 9.91. The molecule has 0 saturated heterocycles. The van der Waals surface area contributed by atoms with Gasteiger partial charge >= 0.3 is 23.9 Å². The molecule has 0 aromatic carbocycles. The van der Waals surface area contributed by atoms with Crippen molar-refractivity contribution in [3.8, 4) is 0 Å². The number of primary amides is 1. The first-order valence-corrected chi connectivity index (χ1v) is 35.5. The Hall–Kier alpha value is -9.80. The van der Waals surface area contributed by atoms with Gasteiger partial charge in [0.25, 0.3) is 0 Å². The van der Waals surface area contributed by atoms with Crippen molar-refractivity contribution in [2.75, 3.05) is 31.9 Å². The normalized spacial score (nSPS) is 14.4. The van der Waals surface area contributed by atoms with Crippen molar-refractivity contribution in [2.24, 2.45) is 35.0 Å². The summed E-state index contributed by atoms with van der Waals surface area (Å²) in [5, 5.41) is 71.4. The summed E-state index contributed by atoms with van der Waals surface area (Å²) in [5.41, 5.74) is 17.2. The zero-order chi connectivity index (χ0) is 81.1. The van der Waals surface area contributed by atoms with E-state index in [0.29, 0.717) is 25.8 Å². The van der Waals surface area contributed by atoms with E-state index in [9.17, 15) is 112 Å². The lowest BCUT2D eigenvalue weighted by atomic mass is 9.99. The lowest BCUT2D eigenvalue weighted by molar-refractivity contribution is -0.139. The maximum absolute atomic E-state index is 14.4. The van der Waals surface area contributed by atoms with E-state index in [0.717, 1.165) is 0 Å². The van der Waals surface area contributed by atoms with Crippen molar-refractivity contribution in [1.29, 1.82) is 0 Å². The number of aliphatic carboxylic acids is 4. The van der Waals surface area contributed by atoms with Crippen LogP contribution in [0, 0.1) is 17.8 Å². The molecule has 0 unspecified atom stereocenters. The summed E-state index contributed by atoms with van der Waals surface area (Å²) in [5.74, 6) is -20.7. The highest BCUT2D eigenvalue weighted by molar-refractivity contribution is 7.80. The zero-order valence-electron chi connectivity index (χ0n) is 61.4. The predicted octanol–water partition coefficient (Wildman–Crippen LogP) is -5.63. The first-order valence-electron chi connectivity index (χ1n) is 34.9. The Bertz CT molecular complexity index is 3030. The molecule has 0 fully saturated rings. The number of unbranched alkanes of at least 4 members (excludes halogenated alkanes) is 2. The third-order valence-electron chi connectivity index (χ3n) is 15.6. The molecule has 0 aromatic rings. The number of hydrogen-bond donors (Lipinski definition) is 22. The molecule has 106 heavy (non-hydrogen) atoms. The predicted molar refractivity (Wildman–Crippen MR) is 381 cm³/mol. The maximum atomic E-state index is 14.4. The van der Waals surface area contributed by atoms with Gasteiger partial charge in [-0.2, -0.15) is 12.6 Å². The molecule has 15 amide bonds. The van der Waals surface area contributed by atoms with Gasteiger partial charge in [0.1, 0.15) is 66.5 Å². The van der Waals surface area contributed by atoms with Crippen molar-refractivity contribution >= 4 is 125 Å². The highest BCUT2D eigenvalue weighted by Gasteiger charge is 2.36. The second kappa shape index (κ2) is 51.4. The number of carbonyl (C=O) groups excluding carboxylic acids is 15. The summed E-state index contributed by atoms with van der Waals surface area (Å²) in [6, 6.07) is -17.5. The smallest absolute Gasteiger partial charge is 0.303 e. The number of carboxylic acids is 4. The Kier molecular flexibility index (Phi) is 46.6. The number of nitrogens with two attached hydrogens (primary N) is 3. The van der Waals surface area contributed by atoms with E-state index >= 15 is 0 Å². The molecule has 12 atom stereocenters. The summed E-state index contributed by atoms with van der Waals surface area (Å²) in [6.45, 7) is 12.6. The Labute approximate surface area is 619 Å². The second-order valence-electron chi connectivity index (χ2n) is 26.6. The quantitative estimate of drug-likeness (QED) is 0.0199. The van der Waals surface area contributed by atoms with Gasteiger partial charge in [-0.05, 0) is 122 Å². The second-order valence-corrected chi connectivity index (χ2v) is 27.0. The average Bonchev–Trinajstić information content (AvgIpc) is 0.829. The van der Waals surface area contributed by atoms with E-state index in [1.165, 1.54) is 20.8 Å². The monoisotopic (exact) mass is 1530 g/mol. The van der Waals surface area contributed by atoms with Crippen molar-refractivity contribution in [3.63, 3.8) is 0 Å². The molecule has 600 valence electrons. The van der Waals surface area contributed by atoms with Crippen LogP contribution in [0.25, 0.3) is 0 Å². The molecular weight excluding hydrogens is 1420 g/mol. The van der Waals surface area contributed by atoms with Crippen LogP contribution in [0.3, 0.4) is 0 Å². The first-order chi connectivity index (χ1) is 49.5. The topological polar surface area (TPSA) is 652 Å². The van der Waals surface area contributed by atoms with Crippen LogP contribution in [-0.4, -0.2) is 237 Å². The van der Waals surface area contributed by atoms with Gasteiger partial charge in [-0.3, -0.25) is 91.1 Å². The summed E-state index contributed by atoms with van der Waals surface area (Å²) in [6.07, 6.45) is -3.37. The van der Waals surface area contributed by atoms with Crippen LogP contribution >= 0.6 is 12.6 Å². The van der Waals surface area contributed by atoms with Gasteiger partial charge in [0.05, 0.1) is 19.1 Å². The number of nitrogens with one attached hydrogen (secondary N) is 14. The molecule has 0 aliphatic rings. The average molecular weight is 1530 g/mol. The van der Waals surface area contributed by atoms with Gasteiger partial charge < -0.3 is 112 Å². The van der Waals surface area contributed by atoms with Crippen LogP contribution in [-0.2, 0) is 91.1 Å². The molecule has 0 rings (SSSR count). The minimum Gasteiger partial charge on any atom is -0.481 e. The zero-order valence-corrected chi connectivity index (χ0v) is 62.3. The molecule has 0 saturated carbocycles. The minimum absolute atomic E-state index is 0.106.